The number of nitrogens with one attached hydrogen (secondary N) is 1. The van der Waals surface area contributed by atoms with Crippen LogP contribution in [0.15, 0.2) is 0 Å². The van der Waals surface area contributed by atoms with E-state index in [2.05, 4.69) is 15.4 Å². The molecule has 0 amide bonds. The van der Waals surface area contributed by atoms with Crippen LogP contribution in [0.5, 0.6) is 0 Å². The van der Waals surface area contributed by atoms with Crippen molar-refractivity contribution in [1.82, 2.24) is 14.8 Å². The zero-order valence-electron chi connectivity index (χ0n) is 11.3. The molecule has 5 nitrogen and oxygen atoms in total. The first-order chi connectivity index (χ1) is 9.45. The van der Waals surface area contributed by atoms with Crippen molar-refractivity contribution in [3.05, 3.63) is 0 Å². The number of hydrogen-bond donors (Lipinski definition) is 1. The topological polar surface area (TPSA) is 46.0 Å². The molecule has 1 fully saturated rings. The van der Waals surface area contributed by atoms with E-state index in [-0.39, 0.29) is 18.4 Å². The van der Waals surface area contributed by atoms with E-state index in [1.165, 1.54) is 0 Å². The summed E-state index contributed by atoms with van der Waals surface area (Å²) in [5.41, 5.74) is 0. The maximum absolute atomic E-state index is 13.1. The lowest BCUT2D eigenvalue weighted by atomic mass is 10.1. The van der Waals surface area contributed by atoms with Gasteiger partial charge in [0.25, 0.3) is 0 Å². The molecule has 8 heteroatoms. The van der Waals surface area contributed by atoms with Gasteiger partial charge in [0, 0.05) is 19.1 Å². The molecule has 3 heterocycles. The third-order valence-corrected chi connectivity index (χ3v) is 3.88. The Kier molecular flexibility index (Phi) is 3.25. The maximum Gasteiger partial charge on any atom is 0.411 e. The Morgan fingerprint density at radius 2 is 1.90 bits per heavy atom. The quantitative estimate of drug-likeness (QED) is 0.863. The molecule has 1 aromatic heterocycles. The Hall–Kier alpha value is -1.47. The van der Waals surface area contributed by atoms with Gasteiger partial charge in [-0.05, 0) is 32.6 Å². The van der Waals surface area contributed by atoms with Gasteiger partial charge >= 0.3 is 6.18 Å². The molecule has 3 rings (SSSR count). The monoisotopic (exact) mass is 289 g/mol. The first kappa shape index (κ1) is 13.5. The van der Waals surface area contributed by atoms with Gasteiger partial charge in [-0.25, -0.2) is 4.68 Å². The van der Waals surface area contributed by atoms with Crippen molar-refractivity contribution in [3.63, 3.8) is 0 Å². The number of piperidine rings is 1. The molecule has 0 radical (unpaired) electrons. The van der Waals surface area contributed by atoms with Crippen molar-refractivity contribution in [2.75, 3.05) is 23.3 Å². The average molecular weight is 289 g/mol. The molecule has 2 unspecified atom stereocenters. The highest BCUT2D eigenvalue weighted by Crippen LogP contribution is 2.39. The summed E-state index contributed by atoms with van der Waals surface area (Å²) in [6.45, 7) is 3.36. The molecular formula is C12H18F3N5. The molecule has 2 aliphatic rings. The number of alkyl halides is 3. The number of anilines is 2. The minimum Gasteiger partial charge on any atom is -0.352 e. The largest absolute Gasteiger partial charge is 0.411 e. The van der Waals surface area contributed by atoms with Crippen molar-refractivity contribution in [3.8, 4) is 0 Å². The van der Waals surface area contributed by atoms with E-state index in [4.69, 9.17) is 0 Å². The van der Waals surface area contributed by atoms with Crippen LogP contribution in [0.4, 0.5) is 25.1 Å². The van der Waals surface area contributed by atoms with E-state index in [1.807, 2.05) is 4.90 Å². The first-order valence-corrected chi connectivity index (χ1v) is 7.00. The van der Waals surface area contributed by atoms with Gasteiger partial charge in [0.1, 0.15) is 0 Å². The SMILES string of the molecule is CC1CC(C(F)(F)F)n2nc(N3CCCCC3)nc2N1. The standard InChI is InChI=1S/C12H18F3N5/c1-8-7-9(12(13,14)15)20-10(16-8)17-11(18-20)19-5-3-2-4-6-19/h8-9H,2-7H2,1H3,(H,16,17,18). The van der Waals surface area contributed by atoms with E-state index in [0.717, 1.165) is 37.0 Å². The lowest BCUT2D eigenvalue weighted by Crippen LogP contribution is -2.38. The first-order valence-electron chi connectivity index (χ1n) is 7.00. The predicted octanol–water partition coefficient (Wildman–Crippen LogP) is 2.58. The van der Waals surface area contributed by atoms with Gasteiger partial charge in [-0.15, -0.1) is 5.10 Å². The summed E-state index contributed by atoms with van der Waals surface area (Å²) in [4.78, 5) is 6.22. The summed E-state index contributed by atoms with van der Waals surface area (Å²) in [6.07, 6.45) is -1.07. The van der Waals surface area contributed by atoms with Gasteiger partial charge in [-0.1, -0.05) is 0 Å². The van der Waals surface area contributed by atoms with Gasteiger partial charge in [0.15, 0.2) is 6.04 Å². The normalized spacial score (nSPS) is 27.1. The minimum absolute atomic E-state index is 0.0146. The molecule has 1 aromatic rings. The second kappa shape index (κ2) is 4.82. The van der Waals surface area contributed by atoms with Crippen molar-refractivity contribution in [2.24, 2.45) is 0 Å². The van der Waals surface area contributed by atoms with Crippen LogP contribution in [-0.2, 0) is 0 Å². The molecular weight excluding hydrogens is 271 g/mol. The van der Waals surface area contributed by atoms with E-state index < -0.39 is 12.2 Å². The van der Waals surface area contributed by atoms with Gasteiger partial charge in [0.2, 0.25) is 11.9 Å². The van der Waals surface area contributed by atoms with Crippen LogP contribution < -0.4 is 10.2 Å². The second-order valence-corrected chi connectivity index (χ2v) is 5.57. The van der Waals surface area contributed by atoms with Gasteiger partial charge in [0.05, 0.1) is 0 Å². The van der Waals surface area contributed by atoms with Crippen LogP contribution >= 0.6 is 0 Å². The Morgan fingerprint density at radius 3 is 2.55 bits per heavy atom. The Labute approximate surface area is 115 Å². The molecule has 20 heavy (non-hydrogen) atoms. The summed E-state index contributed by atoms with van der Waals surface area (Å²) in [5.74, 6) is 0.641. The van der Waals surface area contributed by atoms with Gasteiger partial charge in [-0.3, -0.25) is 0 Å². The molecule has 0 saturated carbocycles. The molecule has 0 aliphatic carbocycles. The van der Waals surface area contributed by atoms with Crippen molar-refractivity contribution in [1.29, 1.82) is 0 Å². The fourth-order valence-corrected chi connectivity index (χ4v) is 2.84. The van der Waals surface area contributed by atoms with E-state index in [1.54, 1.807) is 6.92 Å². The van der Waals surface area contributed by atoms with Gasteiger partial charge < -0.3 is 10.2 Å². The van der Waals surface area contributed by atoms with Crippen LogP contribution in [0.3, 0.4) is 0 Å². The number of hydrogen-bond acceptors (Lipinski definition) is 4. The summed E-state index contributed by atoms with van der Waals surface area (Å²) >= 11 is 0. The van der Waals surface area contributed by atoms with Gasteiger partial charge in [-0.2, -0.15) is 18.2 Å². The third kappa shape index (κ3) is 2.43. The minimum atomic E-state index is -4.29. The molecule has 0 spiro atoms. The van der Waals surface area contributed by atoms with Crippen molar-refractivity contribution in [2.45, 2.75) is 50.9 Å². The highest BCUT2D eigenvalue weighted by Gasteiger charge is 2.46. The Morgan fingerprint density at radius 1 is 1.20 bits per heavy atom. The molecule has 1 N–H and O–H groups in total. The third-order valence-electron chi connectivity index (χ3n) is 3.88. The highest BCUT2D eigenvalue weighted by atomic mass is 19.4. The fourth-order valence-electron chi connectivity index (χ4n) is 2.84. The number of nitrogens with zero attached hydrogens (tertiary/aromatic N) is 4. The predicted molar refractivity (Wildman–Crippen MR) is 68.9 cm³/mol. The maximum atomic E-state index is 13.1. The highest BCUT2D eigenvalue weighted by molar-refractivity contribution is 5.40. The Balaban J connectivity index is 1.91. The van der Waals surface area contributed by atoms with E-state index in [9.17, 15) is 13.2 Å². The van der Waals surface area contributed by atoms with E-state index >= 15 is 0 Å². The second-order valence-electron chi connectivity index (χ2n) is 5.57. The lowest BCUT2D eigenvalue weighted by molar-refractivity contribution is -0.173. The van der Waals surface area contributed by atoms with Crippen molar-refractivity contribution >= 4 is 11.9 Å². The molecule has 0 aromatic carbocycles. The van der Waals surface area contributed by atoms with Crippen LogP contribution in [0.2, 0.25) is 0 Å². The smallest absolute Gasteiger partial charge is 0.352 e. The fraction of sp³-hybridized carbons (Fsp3) is 0.833. The molecule has 0 bridgehead atoms. The summed E-state index contributed by atoms with van der Waals surface area (Å²) in [5, 5.41) is 7.09. The van der Waals surface area contributed by atoms with Crippen LogP contribution in [-0.4, -0.2) is 40.1 Å². The molecule has 2 atom stereocenters. The average Bonchev–Trinajstić information content (AvgIpc) is 2.81. The summed E-state index contributed by atoms with van der Waals surface area (Å²) in [7, 11) is 0. The number of rotatable bonds is 1. The number of aromatic nitrogens is 3. The van der Waals surface area contributed by atoms with Crippen LogP contribution in [0.25, 0.3) is 0 Å². The Bertz CT molecular complexity index is 478. The summed E-state index contributed by atoms with van der Waals surface area (Å²) < 4.78 is 40.3. The molecule has 1 saturated heterocycles. The number of halogens is 3. The lowest BCUT2D eigenvalue weighted by Gasteiger charge is -2.30. The summed E-state index contributed by atoms with van der Waals surface area (Å²) in [6, 6.07) is -1.84. The molecule has 2 aliphatic heterocycles. The zero-order valence-corrected chi connectivity index (χ0v) is 11.3. The molecule has 112 valence electrons. The van der Waals surface area contributed by atoms with E-state index in [0.29, 0.717) is 5.95 Å². The zero-order chi connectivity index (χ0) is 14.3. The van der Waals surface area contributed by atoms with Crippen LogP contribution in [0, 0.1) is 0 Å². The van der Waals surface area contributed by atoms with Crippen molar-refractivity contribution < 1.29 is 13.2 Å². The van der Waals surface area contributed by atoms with Crippen LogP contribution in [0.1, 0.15) is 38.6 Å². The number of fused-ring (bicyclic) bond motifs is 1.